The van der Waals surface area contributed by atoms with Crippen molar-refractivity contribution in [3.8, 4) is 11.3 Å². The van der Waals surface area contributed by atoms with E-state index in [9.17, 15) is 4.79 Å². The molecule has 1 aromatic heterocycles. The number of nitrogens with one attached hydrogen (secondary N) is 1. The van der Waals surface area contributed by atoms with Crippen LogP contribution >= 0.6 is 11.6 Å². The van der Waals surface area contributed by atoms with Crippen LogP contribution in [0, 0.1) is 5.92 Å². The summed E-state index contributed by atoms with van der Waals surface area (Å²) in [4.78, 5) is 21.3. The summed E-state index contributed by atoms with van der Waals surface area (Å²) in [7, 11) is 0. The highest BCUT2D eigenvalue weighted by atomic mass is 35.5. The quantitative estimate of drug-likeness (QED) is 0.832. The van der Waals surface area contributed by atoms with Gasteiger partial charge in [0.05, 0.1) is 12.2 Å². The van der Waals surface area contributed by atoms with E-state index in [0.29, 0.717) is 10.9 Å². The highest BCUT2D eigenvalue weighted by Crippen LogP contribution is 2.34. The van der Waals surface area contributed by atoms with E-state index in [0.717, 1.165) is 29.2 Å². The molecule has 0 fully saturated rings. The molecule has 140 valence electrons. The van der Waals surface area contributed by atoms with Gasteiger partial charge in [0.25, 0.3) is 0 Å². The summed E-state index contributed by atoms with van der Waals surface area (Å²) in [5.41, 5.74) is 7.05. The maximum absolute atomic E-state index is 12.4. The van der Waals surface area contributed by atoms with Gasteiger partial charge < -0.3 is 11.1 Å². The van der Waals surface area contributed by atoms with Gasteiger partial charge in [0.1, 0.15) is 11.3 Å². The molecule has 5 nitrogen and oxygen atoms in total. The summed E-state index contributed by atoms with van der Waals surface area (Å²) in [5, 5.41) is 3.84. The number of nitrogens with two attached hydrogens (primary N) is 1. The van der Waals surface area contributed by atoms with Gasteiger partial charge in [0.2, 0.25) is 5.91 Å². The lowest BCUT2D eigenvalue weighted by Crippen LogP contribution is -2.45. The first-order chi connectivity index (χ1) is 12.9. The molecule has 6 heteroatoms. The van der Waals surface area contributed by atoms with Gasteiger partial charge in [0, 0.05) is 23.3 Å². The average molecular weight is 383 g/mol. The fraction of sp³-hybridized carbons (Fsp3) is 0.286. The summed E-state index contributed by atoms with van der Waals surface area (Å²) in [6.45, 7) is 5.32. The number of hydrogen-bond donors (Lipinski definition) is 2. The number of aliphatic imine (C=N–C) groups is 1. The summed E-state index contributed by atoms with van der Waals surface area (Å²) < 4.78 is 0. The van der Waals surface area contributed by atoms with Gasteiger partial charge in [-0.3, -0.25) is 14.8 Å². The molecule has 0 aliphatic carbocycles. The molecular formula is C21H23ClN4O. The van der Waals surface area contributed by atoms with Crippen molar-refractivity contribution < 1.29 is 4.79 Å². The third kappa shape index (κ3) is 4.03. The third-order valence-corrected chi connectivity index (χ3v) is 4.91. The van der Waals surface area contributed by atoms with Crippen LogP contribution in [0.15, 0.2) is 59.7 Å². The SMILES string of the molecule is CC(C)CNC1=NCC(C(N)=O)(c2ccc(Cl)c(-c3ccccn3)c2)C=C1. The Bertz CT molecular complexity index is 892. The maximum atomic E-state index is 12.4. The number of carbonyl (C=O) groups is 1. The maximum Gasteiger partial charge on any atom is 0.233 e. The average Bonchev–Trinajstić information content (AvgIpc) is 2.67. The molecule has 0 saturated heterocycles. The molecule has 0 saturated carbocycles. The molecule has 0 bridgehead atoms. The van der Waals surface area contributed by atoms with Crippen molar-refractivity contribution >= 4 is 23.3 Å². The Morgan fingerprint density at radius 1 is 1.33 bits per heavy atom. The standard InChI is InChI=1S/C21H23ClN4O/c1-14(2)12-25-19-8-9-21(13-26-19,20(23)27)15-6-7-17(22)16(11-15)18-5-3-4-10-24-18/h3-11,14H,12-13H2,1-2H3,(H2,23,27)(H,25,26). The second-order valence-electron chi connectivity index (χ2n) is 7.05. The van der Waals surface area contributed by atoms with Gasteiger partial charge in [0.15, 0.2) is 0 Å². The van der Waals surface area contributed by atoms with Crippen LogP contribution in [0.2, 0.25) is 5.02 Å². The van der Waals surface area contributed by atoms with E-state index in [4.69, 9.17) is 17.3 Å². The Balaban J connectivity index is 1.96. The predicted molar refractivity (Wildman–Crippen MR) is 110 cm³/mol. The Hall–Kier alpha value is -2.66. The number of carbonyl (C=O) groups excluding carboxylic acids is 1. The monoisotopic (exact) mass is 382 g/mol. The molecule has 1 atom stereocenters. The number of amidine groups is 1. The normalized spacial score (nSPS) is 19.0. The Kier molecular flexibility index (Phi) is 5.61. The summed E-state index contributed by atoms with van der Waals surface area (Å²) in [6, 6.07) is 11.1. The van der Waals surface area contributed by atoms with Crippen molar-refractivity contribution in [3.05, 3.63) is 65.3 Å². The van der Waals surface area contributed by atoms with Crippen LogP contribution in [0.3, 0.4) is 0 Å². The number of amides is 1. The fourth-order valence-corrected chi connectivity index (χ4v) is 3.19. The number of dihydropyridines is 1. The minimum atomic E-state index is -1.00. The van der Waals surface area contributed by atoms with Crippen molar-refractivity contribution in [2.45, 2.75) is 19.3 Å². The lowest BCUT2D eigenvalue weighted by atomic mass is 9.77. The minimum absolute atomic E-state index is 0.253. The first kappa shape index (κ1) is 19.1. The van der Waals surface area contributed by atoms with Crippen LogP contribution in [-0.2, 0) is 10.2 Å². The molecule has 0 spiro atoms. The number of rotatable bonds is 5. The second-order valence-corrected chi connectivity index (χ2v) is 7.46. The van der Waals surface area contributed by atoms with Crippen LogP contribution in [0.1, 0.15) is 19.4 Å². The van der Waals surface area contributed by atoms with Gasteiger partial charge >= 0.3 is 0 Å². The summed E-state index contributed by atoms with van der Waals surface area (Å²) >= 11 is 6.38. The number of hydrogen-bond acceptors (Lipinski definition) is 4. The Morgan fingerprint density at radius 3 is 2.74 bits per heavy atom. The second kappa shape index (κ2) is 7.92. The smallest absolute Gasteiger partial charge is 0.233 e. The molecule has 27 heavy (non-hydrogen) atoms. The number of pyridine rings is 1. The summed E-state index contributed by atoms with van der Waals surface area (Å²) in [5.74, 6) is 0.820. The van der Waals surface area contributed by atoms with Crippen LogP contribution in [0.4, 0.5) is 0 Å². The first-order valence-electron chi connectivity index (χ1n) is 8.91. The van der Waals surface area contributed by atoms with E-state index < -0.39 is 11.3 Å². The zero-order valence-electron chi connectivity index (χ0n) is 15.4. The number of benzene rings is 1. The van der Waals surface area contributed by atoms with E-state index in [-0.39, 0.29) is 6.54 Å². The highest BCUT2D eigenvalue weighted by Gasteiger charge is 2.38. The first-order valence-corrected chi connectivity index (χ1v) is 9.29. The zero-order chi connectivity index (χ0) is 19.4. The van der Waals surface area contributed by atoms with Crippen molar-refractivity contribution in [1.29, 1.82) is 0 Å². The molecule has 2 aromatic rings. The van der Waals surface area contributed by atoms with E-state index in [1.807, 2.05) is 42.5 Å². The van der Waals surface area contributed by atoms with Gasteiger partial charge in [-0.15, -0.1) is 0 Å². The number of halogens is 1. The van der Waals surface area contributed by atoms with Crippen LogP contribution in [0.5, 0.6) is 0 Å². The van der Waals surface area contributed by atoms with Crippen molar-refractivity contribution in [2.24, 2.45) is 16.6 Å². The Labute approximate surface area is 164 Å². The van der Waals surface area contributed by atoms with E-state index in [1.54, 1.807) is 12.3 Å². The molecule has 3 rings (SSSR count). The van der Waals surface area contributed by atoms with Crippen LogP contribution < -0.4 is 11.1 Å². The van der Waals surface area contributed by atoms with E-state index >= 15 is 0 Å². The fourth-order valence-electron chi connectivity index (χ4n) is 2.97. The lowest BCUT2D eigenvalue weighted by Gasteiger charge is -2.30. The largest absolute Gasteiger partial charge is 0.370 e. The third-order valence-electron chi connectivity index (χ3n) is 4.58. The molecule has 2 heterocycles. The topological polar surface area (TPSA) is 80.4 Å². The predicted octanol–water partition coefficient (Wildman–Crippen LogP) is 3.34. The highest BCUT2D eigenvalue weighted by molar-refractivity contribution is 6.33. The molecule has 0 radical (unpaired) electrons. The molecule has 1 amide bonds. The van der Waals surface area contributed by atoms with E-state index in [2.05, 4.69) is 29.1 Å². The zero-order valence-corrected chi connectivity index (χ0v) is 16.2. The van der Waals surface area contributed by atoms with Gasteiger partial charge in [-0.1, -0.05) is 43.7 Å². The number of nitrogens with zero attached hydrogens (tertiary/aromatic N) is 2. The van der Waals surface area contributed by atoms with Gasteiger partial charge in [-0.25, -0.2) is 0 Å². The summed E-state index contributed by atoms with van der Waals surface area (Å²) in [6.07, 6.45) is 5.36. The Morgan fingerprint density at radius 2 is 2.15 bits per heavy atom. The van der Waals surface area contributed by atoms with Gasteiger partial charge in [-0.2, -0.15) is 0 Å². The number of aromatic nitrogens is 1. The number of primary amides is 1. The molecule has 1 aromatic carbocycles. The van der Waals surface area contributed by atoms with Crippen molar-refractivity contribution in [2.75, 3.05) is 13.1 Å². The van der Waals surface area contributed by atoms with Crippen LogP contribution in [0.25, 0.3) is 11.3 Å². The molecule has 1 aliphatic heterocycles. The van der Waals surface area contributed by atoms with Crippen molar-refractivity contribution in [1.82, 2.24) is 10.3 Å². The van der Waals surface area contributed by atoms with E-state index in [1.165, 1.54) is 0 Å². The molecular weight excluding hydrogens is 360 g/mol. The molecule has 1 unspecified atom stereocenters. The molecule has 1 aliphatic rings. The minimum Gasteiger partial charge on any atom is -0.370 e. The van der Waals surface area contributed by atoms with Crippen molar-refractivity contribution in [3.63, 3.8) is 0 Å². The van der Waals surface area contributed by atoms with Crippen LogP contribution in [-0.4, -0.2) is 29.8 Å². The molecule has 3 N–H and O–H groups in total. The van der Waals surface area contributed by atoms with Gasteiger partial charge in [-0.05, 0) is 41.8 Å². The lowest BCUT2D eigenvalue weighted by molar-refractivity contribution is -0.121.